The molecule has 0 aliphatic carbocycles. The molecular formula is C26H21F2NO5. The highest BCUT2D eigenvalue weighted by Gasteiger charge is 2.47. The molecule has 174 valence electrons. The summed E-state index contributed by atoms with van der Waals surface area (Å²) in [5.41, 5.74) is 0.514. The van der Waals surface area contributed by atoms with Crippen LogP contribution in [-0.2, 0) is 9.59 Å². The zero-order chi connectivity index (χ0) is 24.4. The third-order valence-electron chi connectivity index (χ3n) is 5.48. The molecule has 3 aromatic carbocycles. The minimum Gasteiger partial charge on any atom is -0.507 e. The molecule has 1 aliphatic heterocycles. The van der Waals surface area contributed by atoms with Crippen LogP contribution in [0.1, 0.15) is 24.1 Å². The Morgan fingerprint density at radius 3 is 2.35 bits per heavy atom. The van der Waals surface area contributed by atoms with Crippen LogP contribution < -0.4 is 14.4 Å². The number of amides is 1. The number of rotatable bonds is 6. The van der Waals surface area contributed by atoms with Crippen molar-refractivity contribution in [1.82, 2.24) is 0 Å². The van der Waals surface area contributed by atoms with Crippen LogP contribution in [0.3, 0.4) is 0 Å². The van der Waals surface area contributed by atoms with Gasteiger partial charge in [-0.3, -0.25) is 14.5 Å². The summed E-state index contributed by atoms with van der Waals surface area (Å²) in [6.45, 7) is 2.11. The third-order valence-corrected chi connectivity index (χ3v) is 5.48. The Kier molecular flexibility index (Phi) is 6.32. The summed E-state index contributed by atoms with van der Waals surface area (Å²) in [6, 6.07) is 14.9. The van der Waals surface area contributed by atoms with E-state index < -0.39 is 29.4 Å². The molecule has 1 atom stereocenters. The predicted octanol–water partition coefficient (Wildman–Crippen LogP) is 5.00. The van der Waals surface area contributed by atoms with Crippen LogP contribution in [0.5, 0.6) is 11.5 Å². The van der Waals surface area contributed by atoms with Gasteiger partial charge in [0, 0.05) is 17.3 Å². The number of hydrogen-bond acceptors (Lipinski definition) is 5. The van der Waals surface area contributed by atoms with E-state index in [1.54, 1.807) is 55.5 Å². The minimum atomic E-state index is -1.18. The van der Waals surface area contributed by atoms with Crippen molar-refractivity contribution in [3.8, 4) is 11.5 Å². The first-order chi connectivity index (χ1) is 16.4. The molecule has 0 spiro atoms. The lowest BCUT2D eigenvalue weighted by Gasteiger charge is -2.26. The molecule has 1 aliphatic rings. The molecule has 1 N–H and O–H groups in total. The Morgan fingerprint density at radius 2 is 1.71 bits per heavy atom. The number of aliphatic hydroxyl groups excluding tert-OH is 1. The van der Waals surface area contributed by atoms with Crippen molar-refractivity contribution in [1.29, 1.82) is 0 Å². The number of benzene rings is 3. The maximum atomic E-state index is 14.1. The topological polar surface area (TPSA) is 76.1 Å². The molecule has 1 unspecified atom stereocenters. The number of anilines is 1. The number of hydrogen-bond donors (Lipinski definition) is 1. The number of carbonyl (C=O) groups is 2. The van der Waals surface area contributed by atoms with E-state index in [0.29, 0.717) is 29.2 Å². The van der Waals surface area contributed by atoms with E-state index >= 15 is 0 Å². The van der Waals surface area contributed by atoms with Crippen LogP contribution in [0.4, 0.5) is 14.5 Å². The first kappa shape index (κ1) is 23.0. The van der Waals surface area contributed by atoms with Crippen molar-refractivity contribution >= 4 is 23.1 Å². The van der Waals surface area contributed by atoms with Gasteiger partial charge >= 0.3 is 0 Å². The fourth-order valence-electron chi connectivity index (χ4n) is 3.93. The zero-order valence-electron chi connectivity index (χ0n) is 18.4. The highest BCUT2D eigenvalue weighted by Crippen LogP contribution is 2.44. The number of ketones is 1. The van der Waals surface area contributed by atoms with Crippen molar-refractivity contribution < 1.29 is 33.0 Å². The Labute approximate surface area is 194 Å². The number of Topliss-reactive ketones (excluding diaryl/α,β-unsaturated/α-hetero) is 1. The zero-order valence-corrected chi connectivity index (χ0v) is 18.4. The summed E-state index contributed by atoms with van der Waals surface area (Å²) in [4.78, 5) is 27.3. The van der Waals surface area contributed by atoms with Gasteiger partial charge in [-0.2, -0.15) is 0 Å². The van der Waals surface area contributed by atoms with Gasteiger partial charge in [-0.15, -0.1) is 0 Å². The number of aliphatic hydroxyl groups is 1. The van der Waals surface area contributed by atoms with Gasteiger partial charge in [0.15, 0.2) is 23.1 Å². The van der Waals surface area contributed by atoms with Crippen molar-refractivity contribution in [3.05, 3.63) is 95.1 Å². The minimum absolute atomic E-state index is 0.0353. The summed E-state index contributed by atoms with van der Waals surface area (Å²) in [6.07, 6.45) is 0. The smallest absolute Gasteiger partial charge is 0.300 e. The number of ether oxygens (including phenoxy) is 2. The largest absolute Gasteiger partial charge is 0.507 e. The van der Waals surface area contributed by atoms with Crippen LogP contribution >= 0.6 is 0 Å². The van der Waals surface area contributed by atoms with Crippen molar-refractivity contribution in [3.63, 3.8) is 0 Å². The van der Waals surface area contributed by atoms with Gasteiger partial charge in [-0.1, -0.05) is 36.4 Å². The summed E-state index contributed by atoms with van der Waals surface area (Å²) in [7, 11) is 1.47. The molecule has 1 saturated heterocycles. The molecule has 8 heteroatoms. The van der Waals surface area contributed by atoms with Gasteiger partial charge in [0.25, 0.3) is 11.7 Å². The fraction of sp³-hybridized carbons (Fsp3) is 0.154. The lowest BCUT2D eigenvalue weighted by molar-refractivity contribution is -0.132. The number of nitrogens with zero attached hydrogens (tertiary/aromatic N) is 1. The first-order valence-electron chi connectivity index (χ1n) is 10.5. The van der Waals surface area contributed by atoms with E-state index in [4.69, 9.17) is 9.47 Å². The SMILES string of the molecule is CCOc1cc(C2/C(=C(\O)c3ccccc3)C(=O)C(=O)N2c2ccc(F)c(F)c2)ccc1OC. The Bertz CT molecular complexity index is 1290. The molecule has 4 rings (SSSR count). The van der Waals surface area contributed by atoms with E-state index in [9.17, 15) is 23.5 Å². The Balaban J connectivity index is 1.97. The molecular weight excluding hydrogens is 444 g/mol. The molecule has 1 fully saturated rings. The van der Waals surface area contributed by atoms with Gasteiger partial charge < -0.3 is 14.6 Å². The van der Waals surface area contributed by atoms with E-state index in [2.05, 4.69) is 0 Å². The predicted molar refractivity (Wildman–Crippen MR) is 122 cm³/mol. The summed E-state index contributed by atoms with van der Waals surface area (Å²) in [5.74, 6) is -3.80. The molecule has 1 amide bonds. The summed E-state index contributed by atoms with van der Waals surface area (Å²) in [5, 5.41) is 11.1. The highest BCUT2D eigenvalue weighted by atomic mass is 19.2. The molecule has 34 heavy (non-hydrogen) atoms. The maximum Gasteiger partial charge on any atom is 0.300 e. The lowest BCUT2D eigenvalue weighted by atomic mass is 9.94. The third kappa shape index (κ3) is 3.98. The van der Waals surface area contributed by atoms with E-state index in [1.807, 2.05) is 0 Å². The number of halogens is 2. The highest BCUT2D eigenvalue weighted by molar-refractivity contribution is 6.51. The normalized spacial score (nSPS) is 17.2. The van der Waals surface area contributed by atoms with Crippen LogP contribution in [0.15, 0.2) is 72.3 Å². The second-order valence-electron chi connectivity index (χ2n) is 7.48. The van der Waals surface area contributed by atoms with E-state index in [1.165, 1.54) is 13.2 Å². The lowest BCUT2D eigenvalue weighted by Crippen LogP contribution is -2.29. The van der Waals surface area contributed by atoms with E-state index in [0.717, 1.165) is 17.0 Å². The molecule has 6 nitrogen and oxygen atoms in total. The fourth-order valence-corrected chi connectivity index (χ4v) is 3.93. The number of carbonyl (C=O) groups excluding carboxylic acids is 2. The second-order valence-corrected chi connectivity index (χ2v) is 7.48. The number of methoxy groups -OCH3 is 1. The van der Waals surface area contributed by atoms with Gasteiger partial charge in [0.2, 0.25) is 0 Å². The molecule has 1 heterocycles. The van der Waals surface area contributed by atoms with Crippen molar-refractivity contribution in [2.45, 2.75) is 13.0 Å². The molecule has 0 radical (unpaired) electrons. The molecule has 0 bridgehead atoms. The molecule has 0 aromatic heterocycles. The monoisotopic (exact) mass is 465 g/mol. The van der Waals surface area contributed by atoms with Crippen LogP contribution in [0.2, 0.25) is 0 Å². The second kappa shape index (κ2) is 9.35. The average molecular weight is 465 g/mol. The van der Waals surface area contributed by atoms with Gasteiger partial charge in [0.1, 0.15) is 5.76 Å². The molecule has 0 saturated carbocycles. The standard InChI is InChI=1S/C26H21F2NO5/c1-3-34-21-13-16(9-12-20(21)33-2)23-22(24(30)15-7-5-4-6-8-15)25(31)26(32)29(23)17-10-11-18(27)19(28)14-17/h4-14,23,30H,3H2,1-2H3/b24-22+. The van der Waals surface area contributed by atoms with Crippen LogP contribution in [0.25, 0.3) is 5.76 Å². The quantitative estimate of drug-likeness (QED) is 0.315. The van der Waals surface area contributed by atoms with Gasteiger partial charge in [-0.05, 0) is 36.8 Å². The Hall–Kier alpha value is -4.20. The first-order valence-corrected chi connectivity index (χ1v) is 10.5. The summed E-state index contributed by atoms with van der Waals surface area (Å²) < 4.78 is 38.6. The summed E-state index contributed by atoms with van der Waals surface area (Å²) >= 11 is 0. The van der Waals surface area contributed by atoms with Gasteiger partial charge in [-0.25, -0.2) is 8.78 Å². The molecule has 3 aromatic rings. The van der Waals surface area contributed by atoms with Gasteiger partial charge in [0.05, 0.1) is 25.3 Å². The average Bonchev–Trinajstić information content (AvgIpc) is 3.11. The van der Waals surface area contributed by atoms with Crippen molar-refractivity contribution in [2.75, 3.05) is 18.6 Å². The maximum absolute atomic E-state index is 14.1. The van der Waals surface area contributed by atoms with Crippen LogP contribution in [-0.4, -0.2) is 30.5 Å². The van der Waals surface area contributed by atoms with Crippen LogP contribution in [0, 0.1) is 11.6 Å². The van der Waals surface area contributed by atoms with Crippen molar-refractivity contribution in [2.24, 2.45) is 0 Å². The van der Waals surface area contributed by atoms with E-state index in [-0.39, 0.29) is 17.0 Å². The Morgan fingerprint density at radius 1 is 0.971 bits per heavy atom.